The Morgan fingerprint density at radius 3 is 1.08 bits per heavy atom. The second-order valence-corrected chi connectivity index (χ2v) is 24.4. The summed E-state index contributed by atoms with van der Waals surface area (Å²) in [4.78, 5) is 7.23. The summed E-state index contributed by atoms with van der Waals surface area (Å²) in [5, 5.41) is 20.8. The van der Waals surface area contributed by atoms with Crippen molar-refractivity contribution in [2.24, 2.45) is 31.9 Å². The number of hydrogen-bond donors (Lipinski definition) is 4. The van der Waals surface area contributed by atoms with Crippen molar-refractivity contribution in [1.82, 2.24) is 9.97 Å². The minimum absolute atomic E-state index is 0.204. The van der Waals surface area contributed by atoms with Crippen LogP contribution in [0.25, 0.3) is 56.5 Å². The molecule has 0 bridgehead atoms. The third-order valence-electron chi connectivity index (χ3n) is 11.9. The zero-order chi connectivity index (χ0) is 48.2. The van der Waals surface area contributed by atoms with E-state index in [-0.39, 0.29) is 12.0 Å². The van der Waals surface area contributed by atoms with Crippen LogP contribution in [0.5, 0.6) is 0 Å². The summed E-state index contributed by atoms with van der Waals surface area (Å²) in [6.07, 6.45) is 7.99. The van der Waals surface area contributed by atoms with Gasteiger partial charge in [-0.25, -0.2) is 0 Å². The van der Waals surface area contributed by atoms with Crippen LogP contribution in [0.1, 0.15) is 22.3 Å². The SMILES string of the molecule is N\C(=N/N=C(/C=C/c1c(-c2ccccc2)[nH]c2ccccc12)c1ccccc1)[O][Sn]([O]/C(N)=N/N=C(/C=C/c1c(-c2ccccc2)[nH]c2ccccc12)c1ccccc1)([c]1ccccc1)[c]1ccccc1. The van der Waals surface area contributed by atoms with Crippen molar-refractivity contribution in [3.8, 4) is 22.5 Å². The number of aromatic amines is 2. The summed E-state index contributed by atoms with van der Waals surface area (Å²) in [6.45, 7) is 0. The van der Waals surface area contributed by atoms with Crippen LogP contribution in [-0.4, -0.2) is 52.6 Å². The van der Waals surface area contributed by atoms with Crippen molar-refractivity contribution in [2.45, 2.75) is 0 Å². The Morgan fingerprint density at radius 2 is 0.704 bits per heavy atom. The summed E-state index contributed by atoms with van der Waals surface area (Å²) in [6, 6.07) is 75.6. The quantitative estimate of drug-likeness (QED) is 0.0371. The van der Waals surface area contributed by atoms with E-state index in [1.807, 2.05) is 194 Å². The van der Waals surface area contributed by atoms with Gasteiger partial charge in [-0.15, -0.1) is 0 Å². The van der Waals surface area contributed by atoms with E-state index in [2.05, 4.69) is 80.9 Å². The molecule has 2 heterocycles. The van der Waals surface area contributed by atoms with Crippen LogP contribution < -0.4 is 18.6 Å². The van der Waals surface area contributed by atoms with Gasteiger partial charge < -0.3 is 0 Å². The summed E-state index contributed by atoms with van der Waals surface area (Å²) in [5.41, 5.74) is 24.6. The molecule has 0 saturated carbocycles. The van der Waals surface area contributed by atoms with Gasteiger partial charge in [-0.05, 0) is 0 Å². The molecular weight excluding hydrogens is 983 g/mol. The van der Waals surface area contributed by atoms with Gasteiger partial charge in [-0.3, -0.25) is 0 Å². The van der Waals surface area contributed by atoms with Gasteiger partial charge >= 0.3 is 407 Å². The number of aromatic nitrogens is 2. The van der Waals surface area contributed by atoms with Gasteiger partial charge in [0.15, 0.2) is 0 Å². The van der Waals surface area contributed by atoms with E-state index in [9.17, 15) is 0 Å². The Hall–Kier alpha value is -9.00. The van der Waals surface area contributed by atoms with E-state index in [0.29, 0.717) is 11.4 Å². The van der Waals surface area contributed by atoms with Gasteiger partial charge in [0.05, 0.1) is 0 Å². The second kappa shape index (κ2) is 21.5. The first-order valence-corrected chi connectivity index (χ1v) is 28.3. The number of amidine groups is 2. The van der Waals surface area contributed by atoms with Crippen LogP contribution >= 0.6 is 0 Å². The summed E-state index contributed by atoms with van der Waals surface area (Å²) >= 11 is -5.04. The van der Waals surface area contributed by atoms with Crippen LogP contribution in [0.4, 0.5) is 0 Å². The zero-order valence-corrected chi connectivity index (χ0v) is 41.4. The van der Waals surface area contributed by atoms with Crippen molar-refractivity contribution in [1.29, 1.82) is 0 Å². The fraction of sp³-hybridized carbons (Fsp3) is 0. The van der Waals surface area contributed by atoms with E-state index in [1.54, 1.807) is 0 Å². The maximum absolute atomic E-state index is 6.89. The zero-order valence-electron chi connectivity index (χ0n) is 38.5. The molecule has 2 aromatic heterocycles. The minimum atomic E-state index is -5.04. The van der Waals surface area contributed by atoms with Crippen LogP contribution in [0, 0.1) is 0 Å². The molecule has 71 heavy (non-hydrogen) atoms. The summed E-state index contributed by atoms with van der Waals surface area (Å²) in [5.74, 6) is 0. The summed E-state index contributed by atoms with van der Waals surface area (Å²) < 4.78 is 15.3. The maximum atomic E-state index is 6.89. The van der Waals surface area contributed by atoms with Crippen LogP contribution in [0.3, 0.4) is 0 Å². The Balaban J connectivity index is 1.03. The van der Waals surface area contributed by atoms with Crippen molar-refractivity contribution >= 4 is 83.8 Å². The topological polar surface area (TPSA) is 152 Å². The number of para-hydroxylation sites is 2. The number of nitrogens with two attached hydrogens (primary N) is 2. The number of nitrogens with one attached hydrogen (secondary N) is 2. The standard InChI is InChI=1S/2C24H20N4O.2C6H5.Sn/c2*25-24(29)28-27-21(17-9-3-1-4-10-17)16-15-20-19-13-7-8-14-22(19)26-23(20)18-11-5-2-6-12-18;2*1-2-4-6-5-3-1;/h2*1-16,26H,(H3,25,28,29);2*1-5H;/q;;;;+2/p-2/b2*16-15+,27-21-;;;. The normalized spacial score (nSPS) is 12.8. The average molecular weight is 1030 g/mol. The first-order chi connectivity index (χ1) is 35.0. The first kappa shape index (κ1) is 45.8. The van der Waals surface area contributed by atoms with Crippen molar-refractivity contribution in [3.05, 3.63) is 265 Å². The molecule has 0 aliphatic heterocycles. The van der Waals surface area contributed by atoms with E-state index in [0.717, 1.165) is 73.7 Å². The number of allylic oxidation sites excluding steroid dienone is 2. The van der Waals surface area contributed by atoms with E-state index in [4.69, 9.17) is 27.8 Å². The van der Waals surface area contributed by atoms with Crippen molar-refractivity contribution in [3.63, 3.8) is 0 Å². The molecule has 10 aromatic rings. The van der Waals surface area contributed by atoms with Crippen LogP contribution in [-0.2, 0) is 6.15 Å². The van der Waals surface area contributed by atoms with Crippen molar-refractivity contribution in [2.75, 3.05) is 0 Å². The Labute approximate surface area is 416 Å². The molecule has 0 atom stereocenters. The Morgan fingerprint density at radius 1 is 0.380 bits per heavy atom. The van der Waals surface area contributed by atoms with Gasteiger partial charge in [0.25, 0.3) is 0 Å². The molecule has 0 amide bonds. The number of nitrogens with zero attached hydrogens (tertiary/aromatic N) is 4. The first-order valence-electron chi connectivity index (χ1n) is 23.1. The predicted octanol–water partition coefficient (Wildman–Crippen LogP) is 11.4. The molecule has 0 aliphatic carbocycles. The number of fused-ring (bicyclic) bond motifs is 2. The average Bonchev–Trinajstić information content (AvgIpc) is 4.00. The number of rotatable bonds is 14. The second-order valence-electron chi connectivity index (χ2n) is 16.4. The van der Waals surface area contributed by atoms with Crippen LogP contribution in [0.2, 0.25) is 0 Å². The van der Waals surface area contributed by atoms with Gasteiger partial charge in [-0.2, -0.15) is 0 Å². The summed E-state index contributed by atoms with van der Waals surface area (Å²) in [7, 11) is 0. The van der Waals surface area contributed by atoms with E-state index in [1.165, 1.54) is 0 Å². The van der Waals surface area contributed by atoms with Gasteiger partial charge in [0, 0.05) is 0 Å². The molecule has 0 aliphatic rings. The molecule has 8 aromatic carbocycles. The molecule has 0 spiro atoms. The molecule has 11 heteroatoms. The molecule has 10 nitrogen and oxygen atoms in total. The predicted molar refractivity (Wildman–Crippen MR) is 295 cm³/mol. The number of H-pyrrole nitrogens is 2. The third-order valence-corrected chi connectivity index (χ3v) is 21.0. The monoisotopic (exact) mass is 1030 g/mol. The Kier molecular flexibility index (Phi) is 13.9. The fourth-order valence-corrected chi connectivity index (χ4v) is 16.5. The van der Waals surface area contributed by atoms with E-state index >= 15 is 0 Å². The Bertz CT molecular complexity index is 3350. The van der Waals surface area contributed by atoms with Crippen LogP contribution in [0.15, 0.2) is 263 Å². The van der Waals surface area contributed by atoms with Gasteiger partial charge in [0.2, 0.25) is 0 Å². The molecule has 6 N–H and O–H groups in total. The molecule has 0 fully saturated rings. The number of benzene rings is 8. The molecule has 344 valence electrons. The molecule has 10 rings (SSSR count). The van der Waals surface area contributed by atoms with E-state index < -0.39 is 19.2 Å². The number of hydrogen-bond acceptors (Lipinski definition) is 6. The molecule has 0 saturated heterocycles. The fourth-order valence-electron chi connectivity index (χ4n) is 8.54. The molecule has 0 unspecified atom stereocenters. The van der Waals surface area contributed by atoms with Crippen molar-refractivity contribution < 1.29 is 6.15 Å². The van der Waals surface area contributed by atoms with Gasteiger partial charge in [0.1, 0.15) is 0 Å². The third kappa shape index (κ3) is 10.4. The molecule has 0 radical (unpaired) electrons. The molecular formula is C60H48N8O2Sn. The van der Waals surface area contributed by atoms with Gasteiger partial charge in [-0.1, -0.05) is 12.1 Å².